The third kappa shape index (κ3) is 3.90. The summed E-state index contributed by atoms with van der Waals surface area (Å²) in [5.41, 5.74) is 2.50. The molecule has 1 aliphatic rings. The van der Waals surface area contributed by atoms with Crippen LogP contribution in [0.25, 0.3) is 0 Å². The van der Waals surface area contributed by atoms with Crippen LogP contribution in [-0.4, -0.2) is 17.9 Å². The van der Waals surface area contributed by atoms with E-state index in [-0.39, 0.29) is 17.9 Å². The first-order chi connectivity index (χ1) is 11.0. The molecule has 2 aromatic carbocycles. The number of hydrogen-bond acceptors (Lipinski definition) is 2. The standard InChI is InChI=1S/C18H17ClN2O2/c1-11-5-6-15(10-16(11)19)21-18(23)13-4-2-3-12(9-13)17(22)20-14-7-8-14/h2-6,9-10,14H,7-8H2,1H3,(H,20,22)(H,21,23). The summed E-state index contributed by atoms with van der Waals surface area (Å²) in [6.45, 7) is 1.90. The van der Waals surface area contributed by atoms with E-state index in [0.29, 0.717) is 21.8 Å². The van der Waals surface area contributed by atoms with Crippen LogP contribution in [0.5, 0.6) is 0 Å². The summed E-state index contributed by atoms with van der Waals surface area (Å²) in [5, 5.41) is 6.30. The fourth-order valence-electron chi connectivity index (χ4n) is 2.17. The van der Waals surface area contributed by atoms with E-state index in [0.717, 1.165) is 18.4 Å². The summed E-state index contributed by atoms with van der Waals surface area (Å²) in [4.78, 5) is 24.4. The minimum absolute atomic E-state index is 0.138. The number of halogens is 1. The van der Waals surface area contributed by atoms with Crippen LogP contribution in [0.15, 0.2) is 42.5 Å². The third-order valence-electron chi connectivity index (χ3n) is 3.73. The Morgan fingerprint density at radius 3 is 2.39 bits per heavy atom. The maximum Gasteiger partial charge on any atom is 0.255 e. The Hall–Kier alpha value is -2.33. The Morgan fingerprint density at radius 1 is 1.04 bits per heavy atom. The SMILES string of the molecule is Cc1ccc(NC(=O)c2cccc(C(=O)NC3CC3)c2)cc1Cl. The van der Waals surface area contributed by atoms with E-state index in [2.05, 4.69) is 10.6 Å². The van der Waals surface area contributed by atoms with E-state index in [1.54, 1.807) is 36.4 Å². The van der Waals surface area contributed by atoms with Crippen molar-refractivity contribution in [1.82, 2.24) is 5.32 Å². The molecule has 1 aliphatic carbocycles. The highest BCUT2D eigenvalue weighted by atomic mass is 35.5. The smallest absolute Gasteiger partial charge is 0.255 e. The summed E-state index contributed by atoms with van der Waals surface area (Å²) in [7, 11) is 0. The first-order valence-corrected chi connectivity index (χ1v) is 7.89. The number of carbonyl (C=O) groups is 2. The van der Waals surface area contributed by atoms with Gasteiger partial charge in [0.1, 0.15) is 0 Å². The lowest BCUT2D eigenvalue weighted by Crippen LogP contribution is -2.25. The summed E-state index contributed by atoms with van der Waals surface area (Å²) in [5.74, 6) is -0.411. The van der Waals surface area contributed by atoms with Crippen LogP contribution in [0, 0.1) is 6.92 Å². The molecule has 118 valence electrons. The van der Waals surface area contributed by atoms with Gasteiger partial charge < -0.3 is 10.6 Å². The molecule has 0 atom stereocenters. The molecule has 0 unspecified atom stereocenters. The summed E-state index contributed by atoms with van der Waals surface area (Å²) < 4.78 is 0. The molecular formula is C18H17ClN2O2. The predicted octanol–water partition coefficient (Wildman–Crippen LogP) is 3.79. The molecule has 0 radical (unpaired) electrons. The number of aryl methyl sites for hydroxylation is 1. The number of amides is 2. The summed E-state index contributed by atoms with van der Waals surface area (Å²) >= 11 is 6.06. The largest absolute Gasteiger partial charge is 0.349 e. The van der Waals surface area contributed by atoms with Gasteiger partial charge in [-0.25, -0.2) is 0 Å². The maximum atomic E-state index is 12.3. The zero-order valence-electron chi connectivity index (χ0n) is 12.7. The molecule has 0 bridgehead atoms. The van der Waals surface area contributed by atoms with Crippen molar-refractivity contribution >= 4 is 29.1 Å². The topological polar surface area (TPSA) is 58.2 Å². The summed E-state index contributed by atoms with van der Waals surface area (Å²) in [6.07, 6.45) is 2.06. The van der Waals surface area contributed by atoms with Gasteiger partial charge in [0, 0.05) is 27.9 Å². The fraction of sp³-hybridized carbons (Fsp3) is 0.222. The van der Waals surface area contributed by atoms with Crippen LogP contribution in [0.4, 0.5) is 5.69 Å². The maximum absolute atomic E-state index is 12.3. The second kappa shape index (κ2) is 6.42. The number of nitrogens with one attached hydrogen (secondary N) is 2. The highest BCUT2D eigenvalue weighted by Crippen LogP contribution is 2.21. The Bertz CT molecular complexity index is 769. The Morgan fingerprint density at radius 2 is 1.74 bits per heavy atom. The van der Waals surface area contributed by atoms with E-state index in [1.807, 2.05) is 13.0 Å². The number of benzene rings is 2. The van der Waals surface area contributed by atoms with Crippen molar-refractivity contribution in [1.29, 1.82) is 0 Å². The van der Waals surface area contributed by atoms with Gasteiger partial charge in [-0.3, -0.25) is 9.59 Å². The van der Waals surface area contributed by atoms with Crippen LogP contribution in [0.3, 0.4) is 0 Å². The van der Waals surface area contributed by atoms with Crippen LogP contribution in [-0.2, 0) is 0 Å². The van der Waals surface area contributed by atoms with Gasteiger partial charge in [0.2, 0.25) is 0 Å². The molecule has 4 nitrogen and oxygen atoms in total. The van der Waals surface area contributed by atoms with Crippen LogP contribution < -0.4 is 10.6 Å². The van der Waals surface area contributed by atoms with E-state index >= 15 is 0 Å². The van der Waals surface area contributed by atoms with Gasteiger partial charge in [-0.2, -0.15) is 0 Å². The van der Waals surface area contributed by atoms with Crippen molar-refractivity contribution in [2.75, 3.05) is 5.32 Å². The second-order valence-electron chi connectivity index (χ2n) is 5.75. The predicted molar refractivity (Wildman–Crippen MR) is 91.1 cm³/mol. The van der Waals surface area contributed by atoms with Gasteiger partial charge in [-0.15, -0.1) is 0 Å². The quantitative estimate of drug-likeness (QED) is 0.897. The first-order valence-electron chi connectivity index (χ1n) is 7.51. The van der Waals surface area contributed by atoms with Crippen LogP contribution >= 0.6 is 11.6 Å². The van der Waals surface area contributed by atoms with E-state index in [9.17, 15) is 9.59 Å². The average molecular weight is 329 g/mol. The molecule has 2 N–H and O–H groups in total. The van der Waals surface area contributed by atoms with Gasteiger partial charge in [-0.05, 0) is 55.7 Å². The molecule has 0 saturated heterocycles. The van der Waals surface area contributed by atoms with Gasteiger partial charge >= 0.3 is 0 Å². The lowest BCUT2D eigenvalue weighted by Gasteiger charge is -2.08. The normalized spacial score (nSPS) is 13.5. The molecular weight excluding hydrogens is 312 g/mol. The van der Waals surface area contributed by atoms with Gasteiger partial charge in [0.25, 0.3) is 11.8 Å². The van der Waals surface area contributed by atoms with Crippen molar-refractivity contribution in [2.45, 2.75) is 25.8 Å². The van der Waals surface area contributed by atoms with Crippen molar-refractivity contribution < 1.29 is 9.59 Å². The molecule has 2 aromatic rings. The Kier molecular flexibility index (Phi) is 4.35. The molecule has 0 spiro atoms. The second-order valence-corrected chi connectivity index (χ2v) is 6.15. The van der Waals surface area contributed by atoms with Gasteiger partial charge in [0.05, 0.1) is 0 Å². The molecule has 1 fully saturated rings. The van der Waals surface area contributed by atoms with E-state index < -0.39 is 0 Å². The van der Waals surface area contributed by atoms with Crippen molar-refractivity contribution in [3.8, 4) is 0 Å². The minimum atomic E-state index is -0.272. The molecule has 0 aliphatic heterocycles. The molecule has 1 saturated carbocycles. The van der Waals surface area contributed by atoms with Gasteiger partial charge in [-0.1, -0.05) is 23.7 Å². The van der Waals surface area contributed by atoms with Crippen LogP contribution in [0.2, 0.25) is 5.02 Å². The van der Waals surface area contributed by atoms with Crippen molar-refractivity contribution in [2.24, 2.45) is 0 Å². The highest BCUT2D eigenvalue weighted by Gasteiger charge is 2.24. The molecule has 5 heteroatoms. The number of rotatable bonds is 4. The van der Waals surface area contributed by atoms with Crippen molar-refractivity contribution in [3.63, 3.8) is 0 Å². The molecule has 0 heterocycles. The van der Waals surface area contributed by atoms with Gasteiger partial charge in [0.15, 0.2) is 0 Å². The van der Waals surface area contributed by atoms with E-state index in [4.69, 9.17) is 11.6 Å². The Labute approximate surface area is 139 Å². The first kappa shape index (κ1) is 15.6. The monoisotopic (exact) mass is 328 g/mol. The third-order valence-corrected chi connectivity index (χ3v) is 4.14. The minimum Gasteiger partial charge on any atom is -0.349 e. The number of hydrogen-bond donors (Lipinski definition) is 2. The molecule has 3 rings (SSSR count). The number of anilines is 1. The zero-order valence-corrected chi connectivity index (χ0v) is 13.5. The van der Waals surface area contributed by atoms with E-state index in [1.165, 1.54) is 0 Å². The summed E-state index contributed by atoms with van der Waals surface area (Å²) in [6, 6.07) is 12.3. The average Bonchev–Trinajstić information content (AvgIpc) is 3.35. The Balaban J connectivity index is 1.73. The molecule has 0 aromatic heterocycles. The zero-order chi connectivity index (χ0) is 16.4. The van der Waals surface area contributed by atoms with Crippen molar-refractivity contribution in [3.05, 3.63) is 64.2 Å². The highest BCUT2D eigenvalue weighted by molar-refractivity contribution is 6.31. The fourth-order valence-corrected chi connectivity index (χ4v) is 2.35. The lowest BCUT2D eigenvalue weighted by atomic mass is 10.1. The number of carbonyl (C=O) groups excluding carboxylic acids is 2. The molecule has 23 heavy (non-hydrogen) atoms. The molecule has 2 amide bonds. The lowest BCUT2D eigenvalue weighted by molar-refractivity contribution is 0.0951. The van der Waals surface area contributed by atoms with Crippen LogP contribution in [0.1, 0.15) is 39.1 Å².